The second kappa shape index (κ2) is 5.36. The van der Waals surface area contributed by atoms with Gasteiger partial charge < -0.3 is 0 Å². The first-order chi connectivity index (χ1) is 9.67. The highest BCUT2D eigenvalue weighted by Crippen LogP contribution is 2.50. The lowest BCUT2D eigenvalue weighted by Gasteiger charge is -2.21. The molecule has 0 aromatic heterocycles. The van der Waals surface area contributed by atoms with Gasteiger partial charge in [0.15, 0.2) is 5.78 Å². The van der Waals surface area contributed by atoms with E-state index < -0.39 is 11.7 Å². The van der Waals surface area contributed by atoms with Crippen LogP contribution in [-0.2, 0) is 4.79 Å². The number of benzene rings is 1. The molecule has 2 bridgehead atoms. The summed E-state index contributed by atoms with van der Waals surface area (Å²) in [6, 6.07) is 7.89. The molecule has 2 fully saturated rings. The summed E-state index contributed by atoms with van der Waals surface area (Å²) in [5.74, 6) is 0.671. The molecule has 4 atom stereocenters. The monoisotopic (exact) mass is 271 g/mol. The summed E-state index contributed by atoms with van der Waals surface area (Å²) in [6.07, 6.45) is 5.42. The molecule has 2 saturated carbocycles. The SMILES string of the molecule is N#CC(C(=O)CC1CC2CCC1C2)c1cccc(F)c1. The van der Waals surface area contributed by atoms with Crippen LogP contribution in [0.5, 0.6) is 0 Å². The number of nitriles is 1. The molecule has 20 heavy (non-hydrogen) atoms. The van der Waals surface area contributed by atoms with Crippen molar-refractivity contribution in [2.45, 2.75) is 38.0 Å². The Morgan fingerprint density at radius 1 is 1.40 bits per heavy atom. The first-order valence-corrected chi connectivity index (χ1v) is 7.35. The lowest BCUT2D eigenvalue weighted by molar-refractivity contribution is -0.120. The van der Waals surface area contributed by atoms with Crippen molar-refractivity contribution >= 4 is 5.78 Å². The third-order valence-corrected chi connectivity index (χ3v) is 4.98. The molecule has 0 radical (unpaired) electrons. The summed E-state index contributed by atoms with van der Waals surface area (Å²) in [4.78, 5) is 12.4. The summed E-state index contributed by atoms with van der Waals surface area (Å²) in [5.41, 5.74) is 0.487. The van der Waals surface area contributed by atoms with Gasteiger partial charge in [0, 0.05) is 6.42 Å². The molecule has 0 amide bonds. The number of carbonyl (C=O) groups excluding carboxylic acids is 1. The number of hydrogen-bond donors (Lipinski definition) is 0. The van der Waals surface area contributed by atoms with Crippen molar-refractivity contribution < 1.29 is 9.18 Å². The van der Waals surface area contributed by atoms with E-state index in [9.17, 15) is 14.4 Å². The fraction of sp³-hybridized carbons (Fsp3) is 0.529. The third kappa shape index (κ3) is 2.47. The second-order valence-corrected chi connectivity index (χ2v) is 6.22. The van der Waals surface area contributed by atoms with E-state index in [0.29, 0.717) is 23.8 Å². The van der Waals surface area contributed by atoms with E-state index in [1.54, 1.807) is 12.1 Å². The summed E-state index contributed by atoms with van der Waals surface area (Å²) >= 11 is 0. The number of carbonyl (C=O) groups is 1. The molecule has 3 rings (SSSR count). The standard InChI is InChI=1S/C17H18FNO/c18-15-3-1-2-13(8-15)16(10-19)17(20)9-14-7-11-4-5-12(14)6-11/h1-3,8,11-12,14,16H,4-7,9H2. The molecule has 0 saturated heterocycles. The van der Waals surface area contributed by atoms with Crippen LogP contribution in [0, 0.1) is 34.9 Å². The van der Waals surface area contributed by atoms with Crippen LogP contribution in [0.25, 0.3) is 0 Å². The molecule has 104 valence electrons. The molecule has 1 aromatic rings. The minimum absolute atomic E-state index is 0.0457. The Kier molecular flexibility index (Phi) is 3.56. The second-order valence-electron chi connectivity index (χ2n) is 6.22. The maximum Gasteiger partial charge on any atom is 0.154 e. The van der Waals surface area contributed by atoms with Crippen LogP contribution in [0.2, 0.25) is 0 Å². The first-order valence-electron chi connectivity index (χ1n) is 7.35. The summed E-state index contributed by atoms with van der Waals surface area (Å²) < 4.78 is 13.2. The van der Waals surface area contributed by atoms with Crippen molar-refractivity contribution in [1.82, 2.24) is 0 Å². The maximum atomic E-state index is 13.2. The summed E-state index contributed by atoms with van der Waals surface area (Å²) in [5, 5.41) is 9.25. The zero-order valence-electron chi connectivity index (χ0n) is 11.4. The average molecular weight is 271 g/mol. The van der Waals surface area contributed by atoms with Gasteiger partial charge in [0.1, 0.15) is 11.7 Å². The van der Waals surface area contributed by atoms with E-state index in [0.717, 1.165) is 12.3 Å². The molecule has 0 aliphatic heterocycles. The van der Waals surface area contributed by atoms with Crippen molar-refractivity contribution in [3.05, 3.63) is 35.6 Å². The van der Waals surface area contributed by atoms with Crippen LogP contribution in [0.4, 0.5) is 4.39 Å². The van der Waals surface area contributed by atoms with Crippen LogP contribution in [0.1, 0.15) is 43.6 Å². The van der Waals surface area contributed by atoms with Gasteiger partial charge in [0.05, 0.1) is 6.07 Å². The van der Waals surface area contributed by atoms with E-state index in [1.807, 2.05) is 6.07 Å². The number of nitrogens with zero attached hydrogens (tertiary/aromatic N) is 1. The zero-order chi connectivity index (χ0) is 14.1. The molecule has 4 unspecified atom stereocenters. The van der Waals surface area contributed by atoms with Crippen molar-refractivity contribution in [2.24, 2.45) is 17.8 Å². The van der Waals surface area contributed by atoms with Crippen LogP contribution in [0.15, 0.2) is 24.3 Å². The van der Waals surface area contributed by atoms with E-state index >= 15 is 0 Å². The van der Waals surface area contributed by atoms with Crippen LogP contribution in [0.3, 0.4) is 0 Å². The van der Waals surface area contributed by atoms with Gasteiger partial charge in [-0.05, 0) is 54.7 Å². The lowest BCUT2D eigenvalue weighted by atomic mass is 9.82. The molecule has 0 N–H and O–H groups in total. The molecule has 2 aliphatic carbocycles. The van der Waals surface area contributed by atoms with Gasteiger partial charge in [-0.25, -0.2) is 4.39 Å². The van der Waals surface area contributed by atoms with Crippen molar-refractivity contribution in [3.8, 4) is 6.07 Å². The van der Waals surface area contributed by atoms with Gasteiger partial charge in [-0.3, -0.25) is 4.79 Å². The lowest BCUT2D eigenvalue weighted by Crippen LogP contribution is -2.19. The van der Waals surface area contributed by atoms with Crippen LogP contribution < -0.4 is 0 Å². The molecule has 2 nitrogen and oxygen atoms in total. The van der Waals surface area contributed by atoms with Gasteiger partial charge >= 0.3 is 0 Å². The number of fused-ring (bicyclic) bond motifs is 2. The largest absolute Gasteiger partial charge is 0.298 e. The highest BCUT2D eigenvalue weighted by atomic mass is 19.1. The Morgan fingerprint density at radius 3 is 2.85 bits per heavy atom. The van der Waals surface area contributed by atoms with Gasteiger partial charge in [-0.2, -0.15) is 5.26 Å². The number of hydrogen-bond acceptors (Lipinski definition) is 2. The molecule has 0 spiro atoms. The Bertz CT molecular complexity index is 562. The average Bonchev–Trinajstić information content (AvgIpc) is 3.02. The highest BCUT2D eigenvalue weighted by molar-refractivity contribution is 5.88. The number of Topliss-reactive ketones (excluding diaryl/α,β-unsaturated/α-hetero) is 1. The van der Waals surface area contributed by atoms with Crippen LogP contribution >= 0.6 is 0 Å². The van der Waals surface area contributed by atoms with Crippen molar-refractivity contribution in [2.75, 3.05) is 0 Å². The van der Waals surface area contributed by atoms with Gasteiger partial charge in [-0.15, -0.1) is 0 Å². The number of rotatable bonds is 4. The predicted molar refractivity (Wildman–Crippen MR) is 73.3 cm³/mol. The summed E-state index contributed by atoms with van der Waals surface area (Å²) in [7, 11) is 0. The van der Waals surface area contributed by atoms with E-state index in [2.05, 4.69) is 0 Å². The molecule has 3 heteroatoms. The van der Waals surface area contributed by atoms with Gasteiger partial charge in [-0.1, -0.05) is 18.6 Å². The zero-order valence-corrected chi connectivity index (χ0v) is 11.4. The van der Waals surface area contributed by atoms with Crippen molar-refractivity contribution in [1.29, 1.82) is 5.26 Å². The Morgan fingerprint density at radius 2 is 2.25 bits per heavy atom. The van der Waals surface area contributed by atoms with Gasteiger partial charge in [0.25, 0.3) is 0 Å². The number of ketones is 1. The third-order valence-electron chi connectivity index (χ3n) is 4.98. The highest BCUT2D eigenvalue weighted by Gasteiger charge is 2.40. The molecule has 0 heterocycles. The van der Waals surface area contributed by atoms with Crippen molar-refractivity contribution in [3.63, 3.8) is 0 Å². The molecular weight excluding hydrogens is 253 g/mol. The fourth-order valence-electron chi connectivity index (χ4n) is 4.02. The topological polar surface area (TPSA) is 40.9 Å². The fourth-order valence-corrected chi connectivity index (χ4v) is 4.02. The first kappa shape index (κ1) is 13.3. The normalized spacial score (nSPS) is 29.1. The quantitative estimate of drug-likeness (QED) is 0.835. The van der Waals surface area contributed by atoms with Gasteiger partial charge in [0.2, 0.25) is 0 Å². The minimum Gasteiger partial charge on any atom is -0.298 e. The Labute approximate surface area is 118 Å². The number of halogens is 1. The van der Waals surface area contributed by atoms with E-state index in [-0.39, 0.29) is 5.78 Å². The Balaban J connectivity index is 1.70. The van der Waals surface area contributed by atoms with Crippen LogP contribution in [-0.4, -0.2) is 5.78 Å². The summed E-state index contributed by atoms with van der Waals surface area (Å²) in [6.45, 7) is 0. The maximum absolute atomic E-state index is 13.2. The predicted octanol–water partition coefficient (Wildman–Crippen LogP) is 3.83. The Hall–Kier alpha value is -1.69. The smallest absolute Gasteiger partial charge is 0.154 e. The van der Waals surface area contributed by atoms with E-state index in [1.165, 1.54) is 31.4 Å². The molecule has 1 aromatic carbocycles. The minimum atomic E-state index is -0.815. The molecular formula is C17H18FNO. The molecule has 2 aliphatic rings. The van der Waals surface area contributed by atoms with E-state index in [4.69, 9.17) is 0 Å².